The molecule has 3 nitrogen and oxygen atoms in total. The molecule has 96 valence electrons. The summed E-state index contributed by atoms with van der Waals surface area (Å²) in [6.45, 7) is 2.95. The molecule has 0 amide bonds. The van der Waals surface area contributed by atoms with E-state index in [9.17, 15) is 0 Å². The molecule has 0 spiro atoms. The molecular formula is C15H15N3S. The summed E-state index contributed by atoms with van der Waals surface area (Å²) < 4.78 is 0. The summed E-state index contributed by atoms with van der Waals surface area (Å²) in [5.74, 6) is 0.920. The summed E-state index contributed by atoms with van der Waals surface area (Å²) in [6, 6.07) is 14.6. The van der Waals surface area contributed by atoms with Crippen LogP contribution in [-0.2, 0) is 0 Å². The molecule has 0 fully saturated rings. The molecule has 0 saturated heterocycles. The number of H-pyrrole nitrogens is 1. The first-order chi connectivity index (χ1) is 9.35. The molecule has 0 aliphatic carbocycles. The van der Waals surface area contributed by atoms with Crippen molar-refractivity contribution in [3.8, 4) is 0 Å². The summed E-state index contributed by atoms with van der Waals surface area (Å²) in [5.41, 5.74) is 1.17. The minimum Gasteiger partial charge on any atom is -0.370 e. The normalized spacial score (nSPS) is 10.8. The molecule has 1 aromatic carbocycles. The van der Waals surface area contributed by atoms with Gasteiger partial charge in [-0.05, 0) is 31.2 Å². The van der Waals surface area contributed by atoms with Crippen LogP contribution in [0.1, 0.15) is 6.92 Å². The fourth-order valence-corrected chi connectivity index (χ4v) is 2.88. The molecule has 3 aromatic rings. The van der Waals surface area contributed by atoms with Gasteiger partial charge in [-0.25, -0.2) is 4.98 Å². The van der Waals surface area contributed by atoms with E-state index in [0.717, 1.165) is 17.4 Å². The van der Waals surface area contributed by atoms with Crippen molar-refractivity contribution in [1.29, 1.82) is 0 Å². The Hall–Kier alpha value is -1.94. The zero-order valence-corrected chi connectivity index (χ0v) is 11.5. The number of nitrogens with one attached hydrogen (secondary N) is 2. The van der Waals surface area contributed by atoms with Gasteiger partial charge in [0.2, 0.25) is 0 Å². The van der Waals surface area contributed by atoms with Crippen LogP contribution < -0.4 is 5.32 Å². The summed E-state index contributed by atoms with van der Waals surface area (Å²) in [5, 5.41) is 5.62. The Labute approximate surface area is 116 Å². The van der Waals surface area contributed by atoms with Crippen LogP contribution in [0.3, 0.4) is 0 Å². The predicted molar refractivity (Wildman–Crippen MR) is 80.8 cm³/mol. The third kappa shape index (κ3) is 2.74. The van der Waals surface area contributed by atoms with E-state index >= 15 is 0 Å². The lowest BCUT2D eigenvalue weighted by Gasteiger charge is -2.04. The second-order valence-corrected chi connectivity index (χ2v) is 5.35. The molecule has 0 bridgehead atoms. The van der Waals surface area contributed by atoms with Gasteiger partial charge in [-0.2, -0.15) is 0 Å². The lowest BCUT2D eigenvalue weighted by Crippen LogP contribution is -1.98. The largest absolute Gasteiger partial charge is 0.370 e. The number of nitrogens with zero attached hydrogens (tertiary/aromatic N) is 1. The van der Waals surface area contributed by atoms with E-state index in [2.05, 4.69) is 52.5 Å². The zero-order chi connectivity index (χ0) is 13.1. The molecule has 0 aliphatic heterocycles. The number of pyridine rings is 1. The van der Waals surface area contributed by atoms with Crippen molar-refractivity contribution in [2.45, 2.75) is 16.8 Å². The lowest BCUT2D eigenvalue weighted by atomic mass is 10.3. The van der Waals surface area contributed by atoms with Crippen LogP contribution in [0.5, 0.6) is 0 Å². The van der Waals surface area contributed by atoms with E-state index in [4.69, 9.17) is 0 Å². The predicted octanol–water partition coefficient (Wildman–Crippen LogP) is 4.15. The van der Waals surface area contributed by atoms with Crippen LogP contribution in [0.15, 0.2) is 58.6 Å². The molecule has 2 N–H and O–H groups in total. The van der Waals surface area contributed by atoms with Gasteiger partial charge in [-0.3, -0.25) is 0 Å². The van der Waals surface area contributed by atoms with Gasteiger partial charge in [0, 0.05) is 28.5 Å². The van der Waals surface area contributed by atoms with Gasteiger partial charge in [-0.1, -0.05) is 30.0 Å². The van der Waals surface area contributed by atoms with Crippen molar-refractivity contribution >= 4 is 28.5 Å². The highest BCUT2D eigenvalue weighted by Gasteiger charge is 2.03. The first-order valence-corrected chi connectivity index (χ1v) is 7.12. The van der Waals surface area contributed by atoms with E-state index in [1.54, 1.807) is 11.8 Å². The van der Waals surface area contributed by atoms with Gasteiger partial charge in [0.1, 0.15) is 5.82 Å². The number of hydrogen-bond acceptors (Lipinski definition) is 3. The van der Waals surface area contributed by atoms with Crippen molar-refractivity contribution in [2.75, 3.05) is 11.9 Å². The first kappa shape index (κ1) is 12.1. The Morgan fingerprint density at radius 3 is 2.95 bits per heavy atom. The average Bonchev–Trinajstić information content (AvgIpc) is 2.81. The van der Waals surface area contributed by atoms with Crippen LogP contribution >= 0.6 is 11.8 Å². The quantitative estimate of drug-likeness (QED) is 0.747. The average molecular weight is 269 g/mol. The number of aromatic nitrogens is 2. The first-order valence-electron chi connectivity index (χ1n) is 6.30. The van der Waals surface area contributed by atoms with E-state index in [-0.39, 0.29) is 0 Å². The molecule has 0 aliphatic rings. The molecule has 2 aromatic heterocycles. The van der Waals surface area contributed by atoms with Crippen LogP contribution in [0.25, 0.3) is 10.9 Å². The third-order valence-corrected chi connectivity index (χ3v) is 3.75. The van der Waals surface area contributed by atoms with Gasteiger partial charge >= 0.3 is 0 Å². The van der Waals surface area contributed by atoms with Gasteiger partial charge in [0.05, 0.1) is 5.03 Å². The maximum atomic E-state index is 4.28. The Kier molecular flexibility index (Phi) is 3.42. The number of para-hydroxylation sites is 1. The molecule has 19 heavy (non-hydrogen) atoms. The Morgan fingerprint density at radius 2 is 2.11 bits per heavy atom. The maximum absolute atomic E-state index is 4.28. The Bertz CT molecular complexity index is 657. The molecule has 0 atom stereocenters. The topological polar surface area (TPSA) is 40.7 Å². The van der Waals surface area contributed by atoms with Gasteiger partial charge in [0.25, 0.3) is 0 Å². The molecular weight excluding hydrogens is 254 g/mol. The lowest BCUT2D eigenvalue weighted by molar-refractivity contribution is 1.14. The number of benzene rings is 1. The van der Waals surface area contributed by atoms with Crippen molar-refractivity contribution in [2.24, 2.45) is 0 Å². The summed E-state index contributed by atoms with van der Waals surface area (Å²) in [6.07, 6.45) is 1.84. The minimum atomic E-state index is 0.882. The van der Waals surface area contributed by atoms with Crippen LogP contribution in [-0.4, -0.2) is 16.5 Å². The smallest absolute Gasteiger partial charge is 0.126 e. The second-order valence-electron chi connectivity index (χ2n) is 4.23. The minimum absolute atomic E-state index is 0.882. The number of fused-ring (bicyclic) bond motifs is 1. The fourth-order valence-electron chi connectivity index (χ4n) is 1.98. The molecule has 0 unspecified atom stereocenters. The van der Waals surface area contributed by atoms with Gasteiger partial charge in [0.15, 0.2) is 0 Å². The summed E-state index contributed by atoms with van der Waals surface area (Å²) >= 11 is 1.72. The number of anilines is 1. The number of rotatable bonds is 4. The van der Waals surface area contributed by atoms with Crippen molar-refractivity contribution in [3.63, 3.8) is 0 Å². The maximum Gasteiger partial charge on any atom is 0.126 e. The van der Waals surface area contributed by atoms with Crippen molar-refractivity contribution < 1.29 is 0 Å². The van der Waals surface area contributed by atoms with E-state index in [0.29, 0.717) is 0 Å². The van der Waals surface area contributed by atoms with Gasteiger partial charge in [-0.15, -0.1) is 0 Å². The molecule has 2 heterocycles. The zero-order valence-electron chi connectivity index (χ0n) is 10.7. The van der Waals surface area contributed by atoms with Crippen LogP contribution in [0, 0.1) is 0 Å². The van der Waals surface area contributed by atoms with Crippen molar-refractivity contribution in [3.05, 3.63) is 48.7 Å². The van der Waals surface area contributed by atoms with Gasteiger partial charge < -0.3 is 10.3 Å². The highest BCUT2D eigenvalue weighted by molar-refractivity contribution is 7.99. The molecule has 4 heteroatoms. The number of hydrogen-bond donors (Lipinski definition) is 2. The second kappa shape index (κ2) is 5.36. The summed E-state index contributed by atoms with van der Waals surface area (Å²) in [4.78, 5) is 8.87. The SMILES string of the molecule is CCNc1cc(Sc2cc3ccccc3[nH]2)ccn1. The molecule has 3 rings (SSSR count). The Balaban J connectivity index is 1.85. The van der Waals surface area contributed by atoms with E-state index < -0.39 is 0 Å². The molecule has 0 saturated carbocycles. The highest BCUT2D eigenvalue weighted by atomic mass is 32.2. The van der Waals surface area contributed by atoms with Crippen LogP contribution in [0.4, 0.5) is 5.82 Å². The standard InChI is InChI=1S/C15H15N3S/c1-2-16-14-10-12(7-8-17-14)19-15-9-11-5-3-4-6-13(11)18-15/h3-10,18H,2H2,1H3,(H,16,17). The van der Waals surface area contributed by atoms with E-state index in [1.165, 1.54) is 15.8 Å². The summed E-state index contributed by atoms with van der Waals surface area (Å²) in [7, 11) is 0. The highest BCUT2D eigenvalue weighted by Crippen LogP contribution is 2.30. The van der Waals surface area contributed by atoms with Crippen LogP contribution in [0.2, 0.25) is 0 Å². The van der Waals surface area contributed by atoms with Crippen molar-refractivity contribution in [1.82, 2.24) is 9.97 Å². The monoisotopic (exact) mass is 269 g/mol. The molecule has 0 radical (unpaired) electrons. The third-order valence-electron chi connectivity index (χ3n) is 2.82. The fraction of sp³-hybridized carbons (Fsp3) is 0.133. The van der Waals surface area contributed by atoms with E-state index in [1.807, 2.05) is 18.3 Å². The number of aromatic amines is 1. The Morgan fingerprint density at radius 1 is 1.21 bits per heavy atom.